The van der Waals surface area contributed by atoms with E-state index in [1.165, 1.54) is 29.3 Å². The van der Waals surface area contributed by atoms with Gasteiger partial charge in [0.05, 0.1) is 24.9 Å². The molecule has 0 aliphatic carbocycles. The molecule has 0 unspecified atom stereocenters. The summed E-state index contributed by atoms with van der Waals surface area (Å²) in [6.45, 7) is 5.35. The first kappa shape index (κ1) is 23.7. The van der Waals surface area contributed by atoms with Crippen molar-refractivity contribution >= 4 is 17.0 Å². The summed E-state index contributed by atoms with van der Waals surface area (Å²) in [7, 11) is 1.48. The molecular formula is C23H26F3N7OS. The Morgan fingerprint density at radius 1 is 1.23 bits per heavy atom. The van der Waals surface area contributed by atoms with E-state index in [0.717, 1.165) is 43.8 Å². The number of ether oxygens (including phenoxy) is 1. The fourth-order valence-electron chi connectivity index (χ4n) is 4.68. The molecule has 4 aromatic rings. The quantitative estimate of drug-likeness (QED) is 0.383. The van der Waals surface area contributed by atoms with Crippen molar-refractivity contribution in [3.63, 3.8) is 0 Å². The molecule has 0 spiro atoms. The van der Waals surface area contributed by atoms with Gasteiger partial charge in [-0.2, -0.15) is 23.4 Å². The lowest BCUT2D eigenvalue weighted by Gasteiger charge is -2.30. The summed E-state index contributed by atoms with van der Waals surface area (Å²) in [6.07, 6.45) is 2.42. The molecule has 4 aromatic heterocycles. The SMILES string of the molecule is CCCN1CCC(c2cnc(-c3[nH]nc(-c4cc(OC)c5ncnn5c4)c3CC(F)(F)F)s2)CC1. The van der Waals surface area contributed by atoms with Gasteiger partial charge in [0.15, 0.2) is 11.4 Å². The third-order valence-corrected chi connectivity index (χ3v) is 7.52. The van der Waals surface area contributed by atoms with Gasteiger partial charge in [-0.05, 0) is 50.9 Å². The summed E-state index contributed by atoms with van der Waals surface area (Å²) >= 11 is 1.45. The maximum absolute atomic E-state index is 13.6. The van der Waals surface area contributed by atoms with Crippen molar-refractivity contribution in [1.29, 1.82) is 0 Å². The standard InChI is InChI=1S/C23H26F3N7OS/c1-3-6-32-7-4-14(5-8-32)18-11-27-22(35-18)20-16(10-23(24,25)26)19(30-31-20)15-9-17(34-2)21-28-13-29-33(21)12-15/h9,11-14H,3-8,10H2,1-2H3,(H,30,31). The molecule has 0 bridgehead atoms. The Balaban J connectivity index is 1.49. The van der Waals surface area contributed by atoms with Crippen LogP contribution in [0.5, 0.6) is 5.75 Å². The molecule has 8 nitrogen and oxygen atoms in total. The van der Waals surface area contributed by atoms with Gasteiger partial charge in [0.2, 0.25) is 0 Å². The molecule has 1 saturated heterocycles. The zero-order valence-electron chi connectivity index (χ0n) is 19.5. The number of H-pyrrole nitrogens is 1. The van der Waals surface area contributed by atoms with Gasteiger partial charge in [0.1, 0.15) is 11.3 Å². The smallest absolute Gasteiger partial charge is 0.393 e. The van der Waals surface area contributed by atoms with Crippen molar-refractivity contribution in [2.45, 2.75) is 44.7 Å². The Kier molecular flexibility index (Phi) is 6.49. The van der Waals surface area contributed by atoms with E-state index in [1.807, 2.05) is 6.20 Å². The molecule has 1 fully saturated rings. The molecule has 0 amide bonds. The van der Waals surface area contributed by atoms with E-state index in [1.54, 1.807) is 12.3 Å². The Hall–Kier alpha value is -2.99. The fraction of sp³-hybridized carbons (Fsp3) is 0.478. The predicted molar refractivity (Wildman–Crippen MR) is 127 cm³/mol. The van der Waals surface area contributed by atoms with E-state index in [9.17, 15) is 13.2 Å². The van der Waals surface area contributed by atoms with Gasteiger partial charge in [-0.3, -0.25) is 5.10 Å². The number of halogens is 3. The summed E-state index contributed by atoms with van der Waals surface area (Å²) < 4.78 is 47.8. The highest BCUT2D eigenvalue weighted by atomic mass is 32.1. The highest BCUT2D eigenvalue weighted by Crippen LogP contribution is 2.40. The predicted octanol–water partition coefficient (Wildman–Crippen LogP) is 4.95. The van der Waals surface area contributed by atoms with Crippen LogP contribution in [0.1, 0.15) is 42.5 Å². The first-order valence-electron chi connectivity index (χ1n) is 11.6. The minimum Gasteiger partial charge on any atom is -0.493 e. The lowest BCUT2D eigenvalue weighted by Crippen LogP contribution is -2.33. The van der Waals surface area contributed by atoms with Gasteiger partial charge in [-0.15, -0.1) is 11.3 Å². The second-order valence-electron chi connectivity index (χ2n) is 8.73. The number of nitrogens with one attached hydrogen (secondary N) is 1. The topological polar surface area (TPSA) is 84.2 Å². The second kappa shape index (κ2) is 9.57. The van der Waals surface area contributed by atoms with Crippen molar-refractivity contribution < 1.29 is 17.9 Å². The number of hydrogen-bond acceptors (Lipinski definition) is 7. The number of rotatable bonds is 7. The average Bonchev–Trinajstić information content (AvgIpc) is 3.57. The zero-order chi connectivity index (χ0) is 24.6. The summed E-state index contributed by atoms with van der Waals surface area (Å²) in [5.41, 5.74) is 1.46. The second-order valence-corrected chi connectivity index (χ2v) is 9.79. The molecule has 5 heterocycles. The van der Waals surface area contributed by atoms with Crippen LogP contribution in [0.4, 0.5) is 13.2 Å². The first-order valence-corrected chi connectivity index (χ1v) is 12.4. The number of piperidine rings is 1. The molecule has 1 N–H and O–H groups in total. The molecule has 1 aliphatic heterocycles. The van der Waals surface area contributed by atoms with Gasteiger partial charge in [-0.25, -0.2) is 14.5 Å². The van der Waals surface area contributed by atoms with Gasteiger partial charge in [-0.1, -0.05) is 6.92 Å². The van der Waals surface area contributed by atoms with Crippen molar-refractivity contribution in [3.8, 4) is 27.7 Å². The van der Waals surface area contributed by atoms with E-state index < -0.39 is 12.6 Å². The van der Waals surface area contributed by atoms with Gasteiger partial charge in [0, 0.05) is 28.4 Å². The summed E-state index contributed by atoms with van der Waals surface area (Å²) in [5, 5.41) is 11.7. The molecule has 0 atom stereocenters. The van der Waals surface area contributed by atoms with E-state index >= 15 is 0 Å². The number of likely N-dealkylation sites (tertiary alicyclic amines) is 1. The Morgan fingerprint density at radius 2 is 2.03 bits per heavy atom. The maximum Gasteiger partial charge on any atom is 0.393 e. The number of aromatic nitrogens is 6. The minimum absolute atomic E-state index is 0.0534. The van der Waals surface area contributed by atoms with E-state index in [4.69, 9.17) is 4.74 Å². The molecule has 0 saturated carbocycles. The number of fused-ring (bicyclic) bond motifs is 1. The van der Waals surface area contributed by atoms with Crippen molar-refractivity contribution in [3.05, 3.63) is 35.2 Å². The van der Waals surface area contributed by atoms with Gasteiger partial charge < -0.3 is 9.64 Å². The third kappa shape index (κ3) is 4.90. The van der Waals surface area contributed by atoms with Crippen LogP contribution in [0.15, 0.2) is 24.8 Å². The summed E-state index contributed by atoms with van der Waals surface area (Å²) in [6, 6.07) is 1.63. The fourth-order valence-corrected chi connectivity index (χ4v) is 5.78. The number of thiazole rings is 1. The molecule has 186 valence electrons. The lowest BCUT2D eigenvalue weighted by atomic mass is 9.96. The molecule has 1 aliphatic rings. The monoisotopic (exact) mass is 505 g/mol. The third-order valence-electron chi connectivity index (χ3n) is 6.35. The van der Waals surface area contributed by atoms with Crippen LogP contribution >= 0.6 is 11.3 Å². The van der Waals surface area contributed by atoms with Crippen LogP contribution in [0.25, 0.3) is 27.6 Å². The van der Waals surface area contributed by atoms with E-state index in [2.05, 4.69) is 37.1 Å². The van der Waals surface area contributed by atoms with Crippen molar-refractivity contribution in [2.75, 3.05) is 26.7 Å². The van der Waals surface area contributed by atoms with Crippen LogP contribution in [0, 0.1) is 0 Å². The largest absolute Gasteiger partial charge is 0.493 e. The normalized spacial score (nSPS) is 15.8. The highest BCUT2D eigenvalue weighted by Gasteiger charge is 2.34. The maximum atomic E-state index is 13.6. The van der Waals surface area contributed by atoms with Gasteiger partial charge in [0.25, 0.3) is 0 Å². The van der Waals surface area contributed by atoms with Crippen LogP contribution in [0.2, 0.25) is 0 Å². The Morgan fingerprint density at radius 3 is 2.74 bits per heavy atom. The van der Waals surface area contributed by atoms with Crippen LogP contribution < -0.4 is 4.74 Å². The van der Waals surface area contributed by atoms with E-state index in [-0.39, 0.29) is 11.3 Å². The van der Waals surface area contributed by atoms with Crippen molar-refractivity contribution in [1.82, 2.24) is 34.7 Å². The molecule has 0 aromatic carbocycles. The highest BCUT2D eigenvalue weighted by molar-refractivity contribution is 7.15. The van der Waals surface area contributed by atoms with Crippen LogP contribution in [-0.2, 0) is 6.42 Å². The molecule has 12 heteroatoms. The molecular weight excluding hydrogens is 479 g/mol. The van der Waals surface area contributed by atoms with Crippen molar-refractivity contribution in [2.24, 2.45) is 0 Å². The van der Waals surface area contributed by atoms with Gasteiger partial charge >= 0.3 is 6.18 Å². The Labute approximate surface area is 204 Å². The minimum atomic E-state index is -4.42. The summed E-state index contributed by atoms with van der Waals surface area (Å²) in [5.74, 6) is 0.773. The van der Waals surface area contributed by atoms with E-state index in [0.29, 0.717) is 33.6 Å². The molecule has 5 rings (SSSR count). The first-order chi connectivity index (χ1) is 16.9. The number of aromatic amines is 1. The Bertz CT molecular complexity index is 1300. The number of nitrogens with zero attached hydrogens (tertiary/aromatic N) is 6. The van der Waals surface area contributed by atoms with Crippen LogP contribution in [0.3, 0.4) is 0 Å². The molecule has 0 radical (unpaired) electrons. The number of hydrogen-bond donors (Lipinski definition) is 1. The number of pyridine rings is 1. The summed E-state index contributed by atoms with van der Waals surface area (Å²) in [4.78, 5) is 12.2. The zero-order valence-corrected chi connectivity index (χ0v) is 20.3. The lowest BCUT2D eigenvalue weighted by molar-refractivity contribution is -0.127. The number of alkyl halides is 3. The molecule has 35 heavy (non-hydrogen) atoms. The average molecular weight is 506 g/mol. The van der Waals surface area contributed by atoms with Crippen LogP contribution in [-0.4, -0.2) is 67.6 Å². The number of methoxy groups -OCH3 is 1.